The highest BCUT2D eigenvalue weighted by Gasteiger charge is 2.47. The zero-order chi connectivity index (χ0) is 52.6. The van der Waals surface area contributed by atoms with Gasteiger partial charge in [0, 0.05) is 30.3 Å². The van der Waals surface area contributed by atoms with E-state index in [-0.39, 0.29) is 39.3 Å². The summed E-state index contributed by atoms with van der Waals surface area (Å²) in [6.45, 7) is 18.4. The molecule has 2 aliphatic heterocycles. The van der Waals surface area contributed by atoms with Gasteiger partial charge in [-0.25, -0.2) is 0 Å². The molecule has 2 aromatic carbocycles. The van der Waals surface area contributed by atoms with Gasteiger partial charge in [-0.05, 0) is 96.2 Å². The third-order valence-corrected chi connectivity index (χ3v) is 21.2. The zero-order valence-corrected chi connectivity index (χ0v) is 49.5. The first-order valence-corrected chi connectivity index (χ1v) is 32.4. The standard InChI is InChI=1S/C68H98O4S2/c1-9-14-16-18-20-22-24-26-28-30-32-34-36-38-44-68(45-39-37-35-33-31-29-27-25-23-21-19-17-15-10-2)64-54(55-49-59(74-65(55)68)67(8,12-4)13-5)48-58(73-64)50-40-42-52-56(46-50)71-62(60(52)69)63-61(70)53-43-41-51(47-57(53)72-63)66(6,7)11-3/h40-43,46-49H,9-39,44-45H2,1-8H3/b63-62+. The highest BCUT2D eigenvalue weighted by molar-refractivity contribution is 7.17. The number of hydrogen-bond acceptors (Lipinski definition) is 6. The number of rotatable bonds is 36. The summed E-state index contributed by atoms with van der Waals surface area (Å²) in [5.74, 6) is 0.394. The van der Waals surface area contributed by atoms with E-state index in [0.29, 0.717) is 22.6 Å². The first-order chi connectivity index (χ1) is 35.9. The quantitative estimate of drug-likeness (QED) is 0.0336. The van der Waals surface area contributed by atoms with Crippen LogP contribution in [-0.4, -0.2) is 11.6 Å². The molecule has 0 spiro atoms. The molecule has 0 N–H and O–H groups in total. The number of unbranched alkanes of at least 4 members (excludes halogenated alkanes) is 26. The molecule has 0 saturated carbocycles. The van der Waals surface area contributed by atoms with Gasteiger partial charge in [0.05, 0.1) is 11.1 Å². The Kier molecular flexibility index (Phi) is 22.2. The lowest BCUT2D eigenvalue weighted by Gasteiger charge is -2.31. The van der Waals surface area contributed by atoms with Crippen LogP contribution in [0.25, 0.3) is 21.6 Å². The fourth-order valence-corrected chi connectivity index (χ4v) is 15.3. The first-order valence-electron chi connectivity index (χ1n) is 30.7. The SMILES string of the molecule is CCCCCCCCCCCCCCCCC1(CCCCCCCCCCCCCCCC)c2sc(-c3ccc4c(c3)O/C(=C3/Oc5cc(C(C)(C)CC)ccc5C3=O)C4=O)cc2-c2cc(C(C)(CC)CC)sc21. The summed E-state index contributed by atoms with van der Waals surface area (Å²) < 4.78 is 12.6. The van der Waals surface area contributed by atoms with Crippen LogP contribution in [0, 0.1) is 0 Å². The van der Waals surface area contributed by atoms with Gasteiger partial charge in [0.15, 0.2) is 0 Å². The lowest BCUT2D eigenvalue weighted by molar-refractivity contribution is 0.0960. The summed E-state index contributed by atoms with van der Waals surface area (Å²) in [5, 5.41) is 0. The summed E-state index contributed by atoms with van der Waals surface area (Å²) in [4.78, 5) is 33.8. The fourth-order valence-electron chi connectivity index (χ4n) is 12.1. The monoisotopic (exact) mass is 1040 g/mol. The average molecular weight is 1040 g/mol. The number of Topliss-reactive ketones (excluding diaryl/α,β-unsaturated/α-hetero) is 2. The first kappa shape index (κ1) is 58.2. The maximum atomic E-state index is 14.0. The number of carbonyl (C=O) groups excluding carboxylic acids is 2. The normalized spacial score (nSPS) is 15.7. The number of ether oxygens (including phenoxy) is 2. The molecule has 2 aromatic heterocycles. The van der Waals surface area contributed by atoms with E-state index in [1.54, 1.807) is 14.6 Å². The number of fused-ring (bicyclic) bond motifs is 5. The Morgan fingerprint density at radius 3 is 1.28 bits per heavy atom. The number of ketones is 2. The van der Waals surface area contributed by atoms with Crippen molar-refractivity contribution in [3.63, 3.8) is 0 Å². The second-order valence-electron chi connectivity index (χ2n) is 23.9. The van der Waals surface area contributed by atoms with Gasteiger partial charge in [-0.15, -0.1) is 22.7 Å². The van der Waals surface area contributed by atoms with Crippen molar-refractivity contribution >= 4 is 34.2 Å². The number of benzene rings is 2. The third-order valence-electron chi connectivity index (χ3n) is 18.1. The summed E-state index contributed by atoms with van der Waals surface area (Å²) in [6, 6.07) is 16.9. The van der Waals surface area contributed by atoms with Crippen molar-refractivity contribution in [3.8, 4) is 33.1 Å². The molecular weight excluding hydrogens is 945 g/mol. The van der Waals surface area contributed by atoms with Crippen molar-refractivity contribution in [1.82, 2.24) is 0 Å². The molecule has 74 heavy (non-hydrogen) atoms. The van der Waals surface area contributed by atoms with Gasteiger partial charge in [0.2, 0.25) is 23.1 Å². The van der Waals surface area contributed by atoms with E-state index in [2.05, 4.69) is 84.9 Å². The molecule has 1 aliphatic carbocycles. The highest BCUT2D eigenvalue weighted by Crippen LogP contribution is 2.62. The number of carbonyl (C=O) groups is 2. The van der Waals surface area contributed by atoms with E-state index in [4.69, 9.17) is 9.47 Å². The van der Waals surface area contributed by atoms with Crippen LogP contribution in [0.15, 0.2) is 60.0 Å². The number of hydrogen-bond donors (Lipinski definition) is 0. The minimum Gasteiger partial charge on any atom is -0.448 e. The van der Waals surface area contributed by atoms with Gasteiger partial charge in [0.25, 0.3) is 0 Å². The molecule has 0 atom stereocenters. The van der Waals surface area contributed by atoms with E-state index >= 15 is 0 Å². The molecule has 4 heterocycles. The van der Waals surface area contributed by atoms with Gasteiger partial charge in [-0.3, -0.25) is 9.59 Å². The minimum absolute atomic E-state index is 0.00554. The maximum Gasteiger partial charge on any atom is 0.236 e. The molecule has 4 aromatic rings. The summed E-state index contributed by atoms with van der Waals surface area (Å²) in [6.07, 6.45) is 44.3. The van der Waals surface area contributed by atoms with Gasteiger partial charge in [-0.1, -0.05) is 247 Å². The van der Waals surface area contributed by atoms with Crippen LogP contribution in [0.3, 0.4) is 0 Å². The highest BCUT2D eigenvalue weighted by atomic mass is 32.1. The van der Waals surface area contributed by atoms with Gasteiger partial charge in [-0.2, -0.15) is 0 Å². The molecule has 0 unspecified atom stereocenters. The van der Waals surface area contributed by atoms with Crippen molar-refractivity contribution in [2.75, 3.05) is 0 Å². The molecule has 6 heteroatoms. The predicted octanol–water partition coefficient (Wildman–Crippen LogP) is 22.3. The van der Waals surface area contributed by atoms with Crippen LogP contribution in [0.5, 0.6) is 11.5 Å². The predicted molar refractivity (Wildman–Crippen MR) is 318 cm³/mol. The van der Waals surface area contributed by atoms with Gasteiger partial charge >= 0.3 is 0 Å². The molecule has 406 valence electrons. The molecule has 0 saturated heterocycles. The van der Waals surface area contributed by atoms with Gasteiger partial charge < -0.3 is 9.47 Å². The Hall–Kier alpha value is -3.48. The van der Waals surface area contributed by atoms with Crippen LogP contribution < -0.4 is 9.47 Å². The minimum atomic E-state index is -0.297. The van der Waals surface area contributed by atoms with Crippen LogP contribution in [0.2, 0.25) is 0 Å². The third kappa shape index (κ3) is 14.0. The molecule has 0 fully saturated rings. The van der Waals surface area contributed by atoms with Gasteiger partial charge in [0.1, 0.15) is 11.5 Å². The van der Waals surface area contributed by atoms with Crippen molar-refractivity contribution < 1.29 is 19.1 Å². The Morgan fingerprint density at radius 2 is 0.838 bits per heavy atom. The van der Waals surface area contributed by atoms with Crippen LogP contribution in [0.1, 0.15) is 308 Å². The van der Waals surface area contributed by atoms with E-state index in [9.17, 15) is 9.59 Å². The fraction of sp³-hybridized carbons (Fsp3) is 0.647. The average Bonchev–Trinajstić information content (AvgIpc) is 4.24. The zero-order valence-electron chi connectivity index (χ0n) is 47.9. The number of allylic oxidation sites excluding steroid dienone is 2. The lowest BCUT2D eigenvalue weighted by atomic mass is 9.77. The molecule has 3 aliphatic rings. The Bertz CT molecular complexity index is 2420. The summed E-state index contributed by atoms with van der Waals surface area (Å²) in [7, 11) is 0. The smallest absolute Gasteiger partial charge is 0.236 e. The summed E-state index contributed by atoms with van der Waals surface area (Å²) in [5.41, 5.74) is 6.15. The molecule has 0 bridgehead atoms. The maximum absolute atomic E-state index is 14.0. The second kappa shape index (κ2) is 28.2. The Morgan fingerprint density at radius 1 is 0.432 bits per heavy atom. The van der Waals surface area contributed by atoms with Crippen LogP contribution in [-0.2, 0) is 16.2 Å². The summed E-state index contributed by atoms with van der Waals surface area (Å²) >= 11 is 4.14. The second-order valence-corrected chi connectivity index (χ2v) is 26.0. The lowest BCUT2D eigenvalue weighted by Crippen LogP contribution is -2.24. The Balaban J connectivity index is 1.08. The van der Waals surface area contributed by atoms with Crippen LogP contribution >= 0.6 is 22.7 Å². The van der Waals surface area contributed by atoms with E-state index in [1.165, 1.54) is 209 Å². The topological polar surface area (TPSA) is 52.6 Å². The van der Waals surface area contributed by atoms with Crippen LogP contribution in [0.4, 0.5) is 0 Å². The molecule has 4 nitrogen and oxygen atoms in total. The van der Waals surface area contributed by atoms with E-state index < -0.39 is 0 Å². The number of thiophene rings is 2. The molecule has 0 radical (unpaired) electrons. The Labute approximate surface area is 458 Å². The van der Waals surface area contributed by atoms with Crippen molar-refractivity contribution in [1.29, 1.82) is 0 Å². The molecule has 7 rings (SSSR count). The largest absolute Gasteiger partial charge is 0.448 e. The van der Waals surface area contributed by atoms with E-state index in [0.717, 1.165) is 30.4 Å². The van der Waals surface area contributed by atoms with Crippen molar-refractivity contribution in [3.05, 3.63) is 91.4 Å². The molecular formula is C68H98O4S2. The molecule has 0 amide bonds. The van der Waals surface area contributed by atoms with Crippen molar-refractivity contribution in [2.24, 2.45) is 0 Å². The van der Waals surface area contributed by atoms with Crippen molar-refractivity contribution in [2.45, 2.75) is 284 Å². The van der Waals surface area contributed by atoms with E-state index in [1.807, 2.05) is 41.7 Å².